The Kier molecular flexibility index (Phi) is 5.79. The Balaban J connectivity index is 1.37. The Bertz CT molecular complexity index is 1190. The first-order valence-corrected chi connectivity index (χ1v) is 9.94. The monoisotopic (exact) mass is 440 g/mol. The molecular weight excluding hydrogens is 423 g/mol. The van der Waals surface area contributed by atoms with E-state index in [9.17, 15) is 4.79 Å². The first-order chi connectivity index (χ1) is 14.5. The van der Waals surface area contributed by atoms with Crippen LogP contribution in [0.25, 0.3) is 11.0 Å². The standard InChI is InChI=1S/C22H18Cl2N4O2/c1-13-10-15(30-12-21-26-19-4-2-3-5-20(19)27-21)7-9-18(13)28-22(29)25-14-6-8-16(23)17(24)11-14/h2-11H,12H2,1H3,(H,26,27)(H2,25,28,29). The van der Waals surface area contributed by atoms with E-state index in [1.807, 2.05) is 37.3 Å². The molecule has 0 aliphatic carbocycles. The van der Waals surface area contributed by atoms with Crippen LogP contribution in [0.3, 0.4) is 0 Å². The molecule has 1 aromatic heterocycles. The van der Waals surface area contributed by atoms with Crippen molar-refractivity contribution in [1.29, 1.82) is 0 Å². The number of nitrogens with one attached hydrogen (secondary N) is 3. The normalized spacial score (nSPS) is 10.8. The van der Waals surface area contributed by atoms with Gasteiger partial charge in [0.15, 0.2) is 0 Å². The third kappa shape index (κ3) is 4.67. The molecular formula is C22H18Cl2N4O2. The maximum absolute atomic E-state index is 12.3. The largest absolute Gasteiger partial charge is 0.486 e. The Morgan fingerprint density at radius 3 is 2.63 bits per heavy atom. The van der Waals surface area contributed by atoms with Crippen LogP contribution in [0.4, 0.5) is 16.2 Å². The fourth-order valence-electron chi connectivity index (χ4n) is 2.95. The number of H-pyrrole nitrogens is 1. The maximum atomic E-state index is 12.3. The second kappa shape index (κ2) is 8.65. The summed E-state index contributed by atoms with van der Waals surface area (Å²) in [5.41, 5.74) is 3.95. The third-order valence-electron chi connectivity index (χ3n) is 4.44. The number of hydrogen-bond donors (Lipinski definition) is 3. The van der Waals surface area contributed by atoms with Crippen LogP contribution in [-0.4, -0.2) is 16.0 Å². The number of fused-ring (bicyclic) bond motifs is 1. The summed E-state index contributed by atoms with van der Waals surface area (Å²) in [4.78, 5) is 20.0. The third-order valence-corrected chi connectivity index (χ3v) is 5.18. The van der Waals surface area contributed by atoms with Crippen LogP contribution in [0.1, 0.15) is 11.4 Å². The zero-order valence-corrected chi connectivity index (χ0v) is 17.5. The van der Waals surface area contributed by atoms with Gasteiger partial charge in [-0.25, -0.2) is 9.78 Å². The molecule has 152 valence electrons. The van der Waals surface area contributed by atoms with Crippen molar-refractivity contribution in [3.8, 4) is 5.75 Å². The number of carbonyl (C=O) groups excluding carboxylic acids is 1. The lowest BCUT2D eigenvalue weighted by atomic mass is 10.2. The number of urea groups is 1. The molecule has 3 aromatic carbocycles. The van der Waals surface area contributed by atoms with Crippen molar-refractivity contribution in [2.45, 2.75) is 13.5 Å². The molecule has 0 aliphatic rings. The molecule has 0 aliphatic heterocycles. The van der Waals surface area contributed by atoms with Crippen molar-refractivity contribution < 1.29 is 9.53 Å². The molecule has 2 amide bonds. The molecule has 3 N–H and O–H groups in total. The highest BCUT2D eigenvalue weighted by Gasteiger charge is 2.09. The molecule has 0 saturated carbocycles. The molecule has 1 heterocycles. The maximum Gasteiger partial charge on any atom is 0.323 e. The van der Waals surface area contributed by atoms with Crippen LogP contribution < -0.4 is 15.4 Å². The number of benzene rings is 3. The average molecular weight is 441 g/mol. The SMILES string of the molecule is Cc1cc(OCc2nc3ccccc3[nH]2)ccc1NC(=O)Nc1ccc(Cl)c(Cl)c1. The number of rotatable bonds is 5. The van der Waals surface area contributed by atoms with Gasteiger partial charge in [0.1, 0.15) is 18.2 Å². The van der Waals surface area contributed by atoms with E-state index in [1.165, 1.54) is 0 Å². The Labute approximate surface area is 183 Å². The van der Waals surface area contributed by atoms with Crippen LogP contribution in [-0.2, 0) is 6.61 Å². The van der Waals surface area contributed by atoms with Crippen molar-refractivity contribution in [2.75, 3.05) is 10.6 Å². The van der Waals surface area contributed by atoms with E-state index >= 15 is 0 Å². The summed E-state index contributed by atoms with van der Waals surface area (Å²) in [5, 5.41) is 6.33. The fraction of sp³-hybridized carbons (Fsp3) is 0.0909. The topological polar surface area (TPSA) is 79.0 Å². The number of nitrogens with zero attached hydrogens (tertiary/aromatic N) is 1. The Morgan fingerprint density at radius 1 is 1.03 bits per heavy atom. The molecule has 0 unspecified atom stereocenters. The number of halogens is 2. The number of hydrogen-bond acceptors (Lipinski definition) is 3. The zero-order chi connectivity index (χ0) is 21.1. The van der Waals surface area contributed by atoms with E-state index in [0.29, 0.717) is 33.8 Å². The lowest BCUT2D eigenvalue weighted by molar-refractivity contribution is 0.262. The first kappa shape index (κ1) is 20.1. The van der Waals surface area contributed by atoms with Crippen molar-refractivity contribution in [1.82, 2.24) is 9.97 Å². The van der Waals surface area contributed by atoms with Gasteiger partial charge < -0.3 is 20.4 Å². The molecule has 4 rings (SSSR count). The molecule has 6 nitrogen and oxygen atoms in total. The highest BCUT2D eigenvalue weighted by molar-refractivity contribution is 6.42. The van der Waals surface area contributed by atoms with Gasteiger partial charge in [-0.2, -0.15) is 0 Å². The van der Waals surface area contributed by atoms with Gasteiger partial charge in [-0.05, 0) is 61.0 Å². The van der Waals surface area contributed by atoms with E-state index in [1.54, 1.807) is 30.3 Å². The fourth-order valence-corrected chi connectivity index (χ4v) is 3.25. The van der Waals surface area contributed by atoms with E-state index in [-0.39, 0.29) is 6.03 Å². The summed E-state index contributed by atoms with van der Waals surface area (Å²) in [7, 11) is 0. The van der Waals surface area contributed by atoms with Crippen molar-refractivity contribution in [2.24, 2.45) is 0 Å². The van der Waals surface area contributed by atoms with Crippen LogP contribution in [0, 0.1) is 6.92 Å². The predicted molar refractivity (Wildman–Crippen MR) is 121 cm³/mol. The molecule has 30 heavy (non-hydrogen) atoms. The number of aromatic nitrogens is 2. The van der Waals surface area contributed by atoms with E-state index in [0.717, 1.165) is 22.4 Å². The highest BCUT2D eigenvalue weighted by Crippen LogP contribution is 2.26. The van der Waals surface area contributed by atoms with Gasteiger partial charge in [-0.1, -0.05) is 35.3 Å². The van der Waals surface area contributed by atoms with Crippen molar-refractivity contribution in [3.05, 3.63) is 82.1 Å². The van der Waals surface area contributed by atoms with E-state index < -0.39 is 0 Å². The van der Waals surface area contributed by atoms with Gasteiger partial charge in [-0.3, -0.25) is 0 Å². The minimum absolute atomic E-state index is 0.318. The van der Waals surface area contributed by atoms with Gasteiger partial charge in [-0.15, -0.1) is 0 Å². The predicted octanol–water partition coefficient (Wildman–Crippen LogP) is 6.40. The Hall–Kier alpha value is -3.22. The lowest BCUT2D eigenvalue weighted by Gasteiger charge is -2.12. The summed E-state index contributed by atoms with van der Waals surface area (Å²) in [6, 6.07) is 17.8. The van der Waals surface area contributed by atoms with Gasteiger partial charge in [0.05, 0.1) is 21.1 Å². The van der Waals surface area contributed by atoms with Crippen LogP contribution >= 0.6 is 23.2 Å². The van der Waals surface area contributed by atoms with Crippen LogP contribution in [0.2, 0.25) is 10.0 Å². The second-order valence-corrected chi connectivity index (χ2v) is 7.49. The van der Waals surface area contributed by atoms with Crippen LogP contribution in [0.5, 0.6) is 5.75 Å². The second-order valence-electron chi connectivity index (χ2n) is 6.67. The number of amides is 2. The van der Waals surface area contributed by atoms with Gasteiger partial charge >= 0.3 is 6.03 Å². The smallest absolute Gasteiger partial charge is 0.323 e. The minimum atomic E-state index is -0.382. The molecule has 0 fully saturated rings. The zero-order valence-electron chi connectivity index (χ0n) is 16.0. The molecule has 4 aromatic rings. The summed E-state index contributed by atoms with van der Waals surface area (Å²) in [5.74, 6) is 1.43. The summed E-state index contributed by atoms with van der Waals surface area (Å²) < 4.78 is 5.83. The molecule has 0 bridgehead atoms. The summed E-state index contributed by atoms with van der Waals surface area (Å²) >= 11 is 11.9. The molecule has 0 atom stereocenters. The van der Waals surface area contributed by atoms with E-state index in [2.05, 4.69) is 20.6 Å². The van der Waals surface area contributed by atoms with Crippen molar-refractivity contribution >= 4 is 51.6 Å². The van der Waals surface area contributed by atoms with Gasteiger partial charge in [0.2, 0.25) is 0 Å². The number of aryl methyl sites for hydroxylation is 1. The van der Waals surface area contributed by atoms with Crippen LogP contribution in [0.15, 0.2) is 60.7 Å². The number of anilines is 2. The van der Waals surface area contributed by atoms with Crippen molar-refractivity contribution in [3.63, 3.8) is 0 Å². The molecule has 8 heteroatoms. The number of ether oxygens (including phenoxy) is 1. The van der Waals surface area contributed by atoms with Gasteiger partial charge in [0, 0.05) is 11.4 Å². The highest BCUT2D eigenvalue weighted by atomic mass is 35.5. The minimum Gasteiger partial charge on any atom is -0.486 e. The Morgan fingerprint density at radius 2 is 1.87 bits per heavy atom. The quantitative estimate of drug-likeness (QED) is 0.335. The molecule has 0 saturated heterocycles. The number of aromatic amines is 1. The average Bonchev–Trinajstić information content (AvgIpc) is 3.14. The van der Waals surface area contributed by atoms with Gasteiger partial charge in [0.25, 0.3) is 0 Å². The molecule has 0 spiro atoms. The number of para-hydroxylation sites is 2. The number of carbonyl (C=O) groups is 1. The summed E-state index contributed by atoms with van der Waals surface area (Å²) in [6.45, 7) is 2.21. The number of imidazole rings is 1. The van der Waals surface area contributed by atoms with E-state index in [4.69, 9.17) is 27.9 Å². The summed E-state index contributed by atoms with van der Waals surface area (Å²) in [6.07, 6.45) is 0. The lowest BCUT2D eigenvalue weighted by Crippen LogP contribution is -2.19. The first-order valence-electron chi connectivity index (χ1n) is 9.18. The molecule has 0 radical (unpaired) electrons.